The van der Waals surface area contributed by atoms with Gasteiger partial charge in [-0.1, -0.05) is 0 Å². The van der Waals surface area contributed by atoms with Crippen LogP contribution in [0.1, 0.15) is 0 Å². The van der Waals surface area contributed by atoms with E-state index in [0.717, 1.165) is 14.5 Å². The lowest BCUT2D eigenvalue weighted by Gasteiger charge is -2.09. The highest BCUT2D eigenvalue weighted by molar-refractivity contribution is 14.1. The van der Waals surface area contributed by atoms with E-state index in [1.54, 1.807) is 24.5 Å². The number of halogens is 1. The summed E-state index contributed by atoms with van der Waals surface area (Å²) in [4.78, 5) is 12.3. The van der Waals surface area contributed by atoms with E-state index in [1.807, 2.05) is 12.1 Å². The van der Waals surface area contributed by atoms with Gasteiger partial charge in [0.2, 0.25) is 5.88 Å². The second kappa shape index (κ2) is 4.96. The summed E-state index contributed by atoms with van der Waals surface area (Å²) < 4.78 is 6.64. The molecule has 0 bridgehead atoms. The standard InChI is InChI=1S/C13H9IN4O/c14-9-6-16-7-18-13(9)19-11-4-3-10(15)8-2-1-5-17-12(8)11/h1-7H,15H2. The number of pyridine rings is 1. The lowest BCUT2D eigenvalue weighted by Crippen LogP contribution is -1.95. The summed E-state index contributed by atoms with van der Waals surface area (Å²) in [5, 5.41) is 0.865. The Kier molecular flexibility index (Phi) is 3.16. The highest BCUT2D eigenvalue weighted by atomic mass is 127. The highest BCUT2D eigenvalue weighted by Crippen LogP contribution is 2.32. The number of benzene rings is 1. The largest absolute Gasteiger partial charge is 0.436 e. The summed E-state index contributed by atoms with van der Waals surface area (Å²) in [6, 6.07) is 7.35. The first-order chi connectivity index (χ1) is 9.25. The van der Waals surface area contributed by atoms with Gasteiger partial charge in [0.05, 0.1) is 3.57 Å². The molecule has 0 fully saturated rings. The number of nitrogens with zero attached hydrogens (tertiary/aromatic N) is 3. The third kappa shape index (κ3) is 2.30. The molecule has 0 aliphatic rings. The Hall–Kier alpha value is -1.96. The first-order valence-corrected chi connectivity index (χ1v) is 6.60. The van der Waals surface area contributed by atoms with E-state index < -0.39 is 0 Å². The summed E-state index contributed by atoms with van der Waals surface area (Å²) in [5.74, 6) is 1.13. The molecule has 2 heterocycles. The molecule has 0 radical (unpaired) electrons. The molecule has 0 saturated heterocycles. The van der Waals surface area contributed by atoms with E-state index in [-0.39, 0.29) is 0 Å². The normalized spacial score (nSPS) is 10.6. The highest BCUT2D eigenvalue weighted by Gasteiger charge is 2.09. The number of nitrogens with two attached hydrogens (primary N) is 1. The number of anilines is 1. The Labute approximate surface area is 123 Å². The molecule has 2 N–H and O–H groups in total. The summed E-state index contributed by atoms with van der Waals surface area (Å²) in [5.41, 5.74) is 7.32. The molecule has 0 unspecified atom stereocenters. The van der Waals surface area contributed by atoms with Crippen molar-refractivity contribution >= 4 is 39.2 Å². The second-order valence-electron chi connectivity index (χ2n) is 3.83. The van der Waals surface area contributed by atoms with Crippen molar-refractivity contribution in [3.63, 3.8) is 0 Å². The first-order valence-electron chi connectivity index (χ1n) is 5.52. The van der Waals surface area contributed by atoms with Crippen LogP contribution in [0.25, 0.3) is 10.9 Å². The van der Waals surface area contributed by atoms with Crippen LogP contribution in [-0.2, 0) is 0 Å². The zero-order chi connectivity index (χ0) is 13.2. The van der Waals surface area contributed by atoms with Gasteiger partial charge in [0.1, 0.15) is 11.8 Å². The third-order valence-electron chi connectivity index (χ3n) is 2.61. The van der Waals surface area contributed by atoms with Crippen molar-refractivity contribution in [2.24, 2.45) is 0 Å². The fraction of sp³-hybridized carbons (Fsp3) is 0. The SMILES string of the molecule is Nc1ccc(Oc2ncncc2I)c2ncccc12. The Morgan fingerprint density at radius 1 is 1.16 bits per heavy atom. The maximum absolute atomic E-state index is 5.93. The van der Waals surface area contributed by atoms with Crippen LogP contribution in [0.3, 0.4) is 0 Å². The Balaban J connectivity index is 2.12. The minimum absolute atomic E-state index is 0.507. The lowest BCUT2D eigenvalue weighted by molar-refractivity contribution is 0.462. The van der Waals surface area contributed by atoms with Gasteiger partial charge in [-0.2, -0.15) is 0 Å². The molecule has 5 nitrogen and oxygen atoms in total. The second-order valence-corrected chi connectivity index (χ2v) is 4.99. The number of hydrogen-bond acceptors (Lipinski definition) is 5. The van der Waals surface area contributed by atoms with Gasteiger partial charge in [-0.15, -0.1) is 0 Å². The molecule has 6 heteroatoms. The maximum atomic E-state index is 5.93. The van der Waals surface area contributed by atoms with Crippen molar-refractivity contribution in [2.75, 3.05) is 5.73 Å². The zero-order valence-electron chi connectivity index (χ0n) is 9.75. The number of nitrogen functional groups attached to an aromatic ring is 1. The molecule has 1 aromatic carbocycles. The molecule has 0 saturated carbocycles. The smallest absolute Gasteiger partial charge is 0.235 e. The predicted molar refractivity (Wildman–Crippen MR) is 81.0 cm³/mol. The Bertz CT molecular complexity index is 748. The van der Waals surface area contributed by atoms with Gasteiger partial charge in [-0.05, 0) is 46.9 Å². The number of rotatable bonds is 2. The molecule has 2 aromatic heterocycles. The van der Waals surface area contributed by atoms with Gasteiger partial charge in [0.15, 0.2) is 5.75 Å². The van der Waals surface area contributed by atoms with Crippen molar-refractivity contribution < 1.29 is 4.74 Å². The summed E-state index contributed by atoms with van der Waals surface area (Å²) in [7, 11) is 0. The predicted octanol–water partition coefficient (Wildman–Crippen LogP) is 3.00. The molecule has 0 aliphatic heterocycles. The molecular formula is C13H9IN4O. The van der Waals surface area contributed by atoms with Crippen LogP contribution in [0.4, 0.5) is 5.69 Å². The third-order valence-corrected chi connectivity index (χ3v) is 3.35. The van der Waals surface area contributed by atoms with Crippen molar-refractivity contribution in [3.05, 3.63) is 46.6 Å². The molecule has 0 aliphatic carbocycles. The molecule has 0 spiro atoms. The van der Waals surface area contributed by atoms with Crippen LogP contribution in [0.15, 0.2) is 43.0 Å². The minimum Gasteiger partial charge on any atom is -0.436 e. The van der Waals surface area contributed by atoms with Gasteiger partial charge in [-0.25, -0.2) is 9.97 Å². The van der Waals surface area contributed by atoms with E-state index in [9.17, 15) is 0 Å². The fourth-order valence-corrected chi connectivity index (χ4v) is 2.14. The topological polar surface area (TPSA) is 73.9 Å². The molecule has 3 rings (SSSR count). The van der Waals surface area contributed by atoms with Gasteiger partial charge >= 0.3 is 0 Å². The van der Waals surface area contributed by atoms with Crippen molar-refractivity contribution in [2.45, 2.75) is 0 Å². The fourth-order valence-electron chi connectivity index (χ4n) is 1.73. The molecule has 0 atom stereocenters. The van der Waals surface area contributed by atoms with Crippen molar-refractivity contribution in [3.8, 4) is 11.6 Å². The minimum atomic E-state index is 0.507. The summed E-state index contributed by atoms with van der Waals surface area (Å²) in [6.45, 7) is 0. The van der Waals surface area contributed by atoms with E-state index in [1.165, 1.54) is 6.33 Å². The number of ether oxygens (including phenoxy) is 1. The number of fused-ring (bicyclic) bond motifs is 1. The molecule has 94 valence electrons. The average molecular weight is 364 g/mol. The number of hydrogen-bond donors (Lipinski definition) is 1. The van der Waals surface area contributed by atoms with Crippen molar-refractivity contribution in [1.29, 1.82) is 0 Å². The quantitative estimate of drug-likeness (QED) is 0.559. The van der Waals surface area contributed by atoms with Crippen LogP contribution >= 0.6 is 22.6 Å². The van der Waals surface area contributed by atoms with Gasteiger partial charge in [-0.3, -0.25) is 4.98 Å². The van der Waals surface area contributed by atoms with E-state index in [4.69, 9.17) is 10.5 Å². The van der Waals surface area contributed by atoms with E-state index >= 15 is 0 Å². The molecule has 3 aromatic rings. The molecule has 0 amide bonds. The van der Waals surface area contributed by atoms with Crippen LogP contribution in [0.5, 0.6) is 11.6 Å². The molecule has 19 heavy (non-hydrogen) atoms. The summed E-state index contributed by atoms with van der Waals surface area (Å²) in [6.07, 6.45) is 4.85. The first kappa shape index (κ1) is 12.1. The van der Waals surface area contributed by atoms with Gasteiger partial charge in [0.25, 0.3) is 0 Å². The van der Waals surface area contributed by atoms with Crippen molar-refractivity contribution in [1.82, 2.24) is 15.0 Å². The van der Waals surface area contributed by atoms with Crippen LogP contribution in [0, 0.1) is 3.57 Å². The van der Waals surface area contributed by atoms with Crippen LogP contribution in [0.2, 0.25) is 0 Å². The summed E-state index contributed by atoms with van der Waals surface area (Å²) >= 11 is 2.12. The van der Waals surface area contributed by atoms with E-state index in [0.29, 0.717) is 17.3 Å². The maximum Gasteiger partial charge on any atom is 0.235 e. The zero-order valence-corrected chi connectivity index (χ0v) is 11.9. The monoisotopic (exact) mass is 364 g/mol. The van der Waals surface area contributed by atoms with Crippen LogP contribution < -0.4 is 10.5 Å². The van der Waals surface area contributed by atoms with Crippen LogP contribution in [-0.4, -0.2) is 15.0 Å². The lowest BCUT2D eigenvalue weighted by atomic mass is 10.2. The Morgan fingerprint density at radius 2 is 2.05 bits per heavy atom. The Morgan fingerprint density at radius 3 is 2.89 bits per heavy atom. The van der Waals surface area contributed by atoms with Gasteiger partial charge < -0.3 is 10.5 Å². The molecular weight excluding hydrogens is 355 g/mol. The van der Waals surface area contributed by atoms with E-state index in [2.05, 4.69) is 37.5 Å². The number of aromatic nitrogens is 3. The average Bonchev–Trinajstić information content (AvgIpc) is 2.44. The van der Waals surface area contributed by atoms with Gasteiger partial charge in [0, 0.05) is 23.5 Å².